The van der Waals surface area contributed by atoms with Crippen molar-refractivity contribution in [3.8, 4) is 0 Å². The van der Waals surface area contributed by atoms with E-state index in [-0.39, 0.29) is 0 Å². The topological polar surface area (TPSA) is 43.0 Å². The lowest BCUT2D eigenvalue weighted by atomic mass is 10.4. The highest BCUT2D eigenvalue weighted by molar-refractivity contribution is 5.05. The molecule has 0 aliphatic rings. The minimum Gasteiger partial charge on any atom is -0.353 e. The molecular weight excluding hydrogens is 150 g/mol. The summed E-state index contributed by atoms with van der Waals surface area (Å²) in [4.78, 5) is 0. The Bertz CT molecular complexity index is 217. The SMILES string of the molecule is Cn1cccc1CNCCCN. The number of nitrogens with one attached hydrogen (secondary N) is 1. The first-order chi connectivity index (χ1) is 5.84. The fourth-order valence-corrected chi connectivity index (χ4v) is 1.12. The lowest BCUT2D eigenvalue weighted by Crippen LogP contribution is -2.18. The van der Waals surface area contributed by atoms with Crippen molar-refractivity contribution in [2.75, 3.05) is 13.1 Å². The molecule has 0 unspecified atom stereocenters. The maximum Gasteiger partial charge on any atom is 0.0359 e. The third-order valence-corrected chi connectivity index (χ3v) is 1.92. The van der Waals surface area contributed by atoms with Gasteiger partial charge in [0.25, 0.3) is 0 Å². The molecule has 1 aromatic rings. The third-order valence-electron chi connectivity index (χ3n) is 1.92. The summed E-state index contributed by atoms with van der Waals surface area (Å²) in [5.41, 5.74) is 6.68. The summed E-state index contributed by atoms with van der Waals surface area (Å²) < 4.78 is 2.12. The van der Waals surface area contributed by atoms with Crippen LogP contribution in [0.5, 0.6) is 0 Å². The molecule has 3 heteroatoms. The van der Waals surface area contributed by atoms with Crippen LogP contribution in [0.25, 0.3) is 0 Å². The predicted octanol–water partition coefficient (Wildman–Crippen LogP) is 0.463. The number of aromatic nitrogens is 1. The largest absolute Gasteiger partial charge is 0.353 e. The van der Waals surface area contributed by atoms with Crippen molar-refractivity contribution in [2.24, 2.45) is 12.8 Å². The van der Waals surface area contributed by atoms with Crippen LogP contribution in [0.4, 0.5) is 0 Å². The van der Waals surface area contributed by atoms with Crippen LogP contribution in [0.15, 0.2) is 18.3 Å². The molecule has 1 heterocycles. The van der Waals surface area contributed by atoms with Crippen molar-refractivity contribution in [3.05, 3.63) is 24.0 Å². The van der Waals surface area contributed by atoms with Crippen LogP contribution in [0.1, 0.15) is 12.1 Å². The average Bonchev–Trinajstić information content (AvgIpc) is 2.46. The first-order valence-corrected chi connectivity index (χ1v) is 4.35. The zero-order chi connectivity index (χ0) is 8.81. The van der Waals surface area contributed by atoms with Crippen molar-refractivity contribution in [1.82, 2.24) is 9.88 Å². The van der Waals surface area contributed by atoms with Crippen LogP contribution >= 0.6 is 0 Å². The molecule has 0 atom stereocenters. The molecule has 0 radical (unpaired) electrons. The van der Waals surface area contributed by atoms with Gasteiger partial charge in [-0.25, -0.2) is 0 Å². The Morgan fingerprint density at radius 3 is 3.00 bits per heavy atom. The lowest BCUT2D eigenvalue weighted by molar-refractivity contribution is 0.630. The van der Waals surface area contributed by atoms with Crippen LogP contribution < -0.4 is 11.1 Å². The smallest absolute Gasteiger partial charge is 0.0359 e. The number of rotatable bonds is 5. The fourth-order valence-electron chi connectivity index (χ4n) is 1.12. The lowest BCUT2D eigenvalue weighted by Gasteiger charge is -2.04. The van der Waals surface area contributed by atoms with Crippen molar-refractivity contribution in [3.63, 3.8) is 0 Å². The highest BCUT2D eigenvalue weighted by Gasteiger charge is 1.94. The van der Waals surface area contributed by atoms with E-state index in [1.54, 1.807) is 0 Å². The van der Waals surface area contributed by atoms with Gasteiger partial charge in [0.05, 0.1) is 0 Å². The van der Waals surface area contributed by atoms with E-state index in [4.69, 9.17) is 5.73 Å². The molecule has 0 saturated carbocycles. The third kappa shape index (κ3) is 2.68. The van der Waals surface area contributed by atoms with Crippen molar-refractivity contribution >= 4 is 0 Å². The molecule has 0 saturated heterocycles. The minimum absolute atomic E-state index is 0.764. The minimum atomic E-state index is 0.764. The molecule has 0 aliphatic carbocycles. The quantitative estimate of drug-likeness (QED) is 0.626. The highest BCUT2D eigenvalue weighted by atomic mass is 15.0. The van der Waals surface area contributed by atoms with Gasteiger partial charge in [0.15, 0.2) is 0 Å². The van der Waals surface area contributed by atoms with Gasteiger partial charge in [-0.15, -0.1) is 0 Å². The molecule has 0 fully saturated rings. The van der Waals surface area contributed by atoms with Crippen molar-refractivity contribution < 1.29 is 0 Å². The van der Waals surface area contributed by atoms with Crippen molar-refractivity contribution in [1.29, 1.82) is 0 Å². The Morgan fingerprint density at radius 1 is 1.58 bits per heavy atom. The zero-order valence-corrected chi connectivity index (χ0v) is 7.59. The molecule has 0 aliphatic heterocycles. The molecule has 0 bridgehead atoms. The second-order valence-corrected chi connectivity index (χ2v) is 2.93. The number of nitrogens with two attached hydrogens (primary N) is 1. The van der Waals surface area contributed by atoms with Gasteiger partial charge in [-0.3, -0.25) is 0 Å². The van der Waals surface area contributed by atoms with Crippen LogP contribution in [0.2, 0.25) is 0 Å². The van der Waals surface area contributed by atoms with Gasteiger partial charge < -0.3 is 15.6 Å². The van der Waals surface area contributed by atoms with Gasteiger partial charge in [0.1, 0.15) is 0 Å². The van der Waals surface area contributed by atoms with E-state index < -0.39 is 0 Å². The van der Waals surface area contributed by atoms with Crippen molar-refractivity contribution in [2.45, 2.75) is 13.0 Å². The molecule has 12 heavy (non-hydrogen) atoms. The van der Waals surface area contributed by atoms with E-state index in [1.165, 1.54) is 5.69 Å². The molecule has 1 aromatic heterocycles. The van der Waals surface area contributed by atoms with Gasteiger partial charge >= 0.3 is 0 Å². The van der Waals surface area contributed by atoms with E-state index in [9.17, 15) is 0 Å². The van der Waals surface area contributed by atoms with E-state index in [2.05, 4.69) is 35.3 Å². The Hall–Kier alpha value is -0.800. The number of aryl methyl sites for hydroxylation is 1. The van der Waals surface area contributed by atoms with Gasteiger partial charge in [-0.2, -0.15) is 0 Å². The molecule has 3 nitrogen and oxygen atoms in total. The molecule has 68 valence electrons. The normalized spacial score (nSPS) is 10.5. The Morgan fingerprint density at radius 2 is 2.42 bits per heavy atom. The number of hydrogen-bond acceptors (Lipinski definition) is 2. The molecule has 0 aromatic carbocycles. The molecule has 0 spiro atoms. The van der Waals surface area contributed by atoms with E-state index in [0.717, 1.165) is 26.1 Å². The second kappa shape index (κ2) is 4.95. The summed E-state index contributed by atoms with van der Waals surface area (Å²) in [6, 6.07) is 4.18. The first-order valence-electron chi connectivity index (χ1n) is 4.35. The first kappa shape index (κ1) is 9.29. The molecule has 0 amide bonds. The number of hydrogen-bond donors (Lipinski definition) is 2. The van der Waals surface area contributed by atoms with E-state index in [1.807, 2.05) is 0 Å². The van der Waals surface area contributed by atoms with E-state index in [0.29, 0.717) is 0 Å². The standard InChI is InChI=1S/C9H17N3/c1-12-7-2-4-9(12)8-11-6-3-5-10/h2,4,7,11H,3,5-6,8,10H2,1H3. The molecular formula is C9H17N3. The maximum atomic E-state index is 5.37. The molecule has 3 N–H and O–H groups in total. The zero-order valence-electron chi connectivity index (χ0n) is 7.59. The Kier molecular flexibility index (Phi) is 3.84. The summed E-state index contributed by atoms with van der Waals surface area (Å²) in [6.45, 7) is 2.70. The van der Waals surface area contributed by atoms with Crippen LogP contribution in [-0.2, 0) is 13.6 Å². The summed E-state index contributed by atoms with van der Waals surface area (Å²) >= 11 is 0. The van der Waals surface area contributed by atoms with Gasteiger partial charge in [0, 0.05) is 25.5 Å². The Labute approximate surface area is 73.6 Å². The summed E-state index contributed by atoms with van der Waals surface area (Å²) in [7, 11) is 2.06. The average molecular weight is 167 g/mol. The van der Waals surface area contributed by atoms with Gasteiger partial charge in [0.2, 0.25) is 0 Å². The predicted molar refractivity (Wildman–Crippen MR) is 50.8 cm³/mol. The summed E-state index contributed by atoms with van der Waals surface area (Å²) in [6.07, 6.45) is 3.10. The van der Waals surface area contributed by atoms with Crippen LogP contribution in [0, 0.1) is 0 Å². The summed E-state index contributed by atoms with van der Waals surface area (Å²) in [5.74, 6) is 0. The monoisotopic (exact) mass is 167 g/mol. The van der Waals surface area contributed by atoms with Gasteiger partial charge in [-0.05, 0) is 31.6 Å². The highest BCUT2D eigenvalue weighted by Crippen LogP contribution is 1.97. The van der Waals surface area contributed by atoms with Crippen LogP contribution in [0.3, 0.4) is 0 Å². The van der Waals surface area contributed by atoms with E-state index >= 15 is 0 Å². The van der Waals surface area contributed by atoms with Crippen LogP contribution in [-0.4, -0.2) is 17.7 Å². The number of nitrogens with zero attached hydrogens (tertiary/aromatic N) is 1. The fraction of sp³-hybridized carbons (Fsp3) is 0.556. The summed E-state index contributed by atoms with van der Waals surface area (Å²) in [5, 5.41) is 3.33. The van der Waals surface area contributed by atoms with Gasteiger partial charge in [-0.1, -0.05) is 0 Å². The molecule has 1 rings (SSSR count). The second-order valence-electron chi connectivity index (χ2n) is 2.93. The Balaban J connectivity index is 2.20. The maximum absolute atomic E-state index is 5.37.